The van der Waals surface area contributed by atoms with Crippen LogP contribution in [0.25, 0.3) is 0 Å². The standard InChI is InChI=1S/C34H57F5O14Si/c1-54(2,3)52-27-26-51-25-24-50-23-22-49-21-20-48-19-18-47-17-16-46-15-14-45-13-12-44-11-10-43-9-8-42-7-6-41-5-4-28(40)53-34-32(38)30(36)29(35)31(37)33(34)39/h4-27H2,1-3H3. The van der Waals surface area contributed by atoms with Crippen molar-refractivity contribution in [3.05, 3.63) is 29.1 Å². The van der Waals surface area contributed by atoms with Crippen molar-refractivity contribution in [2.75, 3.05) is 152 Å². The van der Waals surface area contributed by atoms with E-state index in [0.29, 0.717) is 126 Å². The van der Waals surface area contributed by atoms with Crippen molar-refractivity contribution in [3.8, 4) is 5.75 Å². The van der Waals surface area contributed by atoms with Crippen LogP contribution in [0.1, 0.15) is 6.42 Å². The number of esters is 1. The Hall–Kier alpha value is -1.92. The summed E-state index contributed by atoms with van der Waals surface area (Å²) >= 11 is 0. The zero-order chi connectivity index (χ0) is 39.7. The summed E-state index contributed by atoms with van der Waals surface area (Å²) in [6.45, 7) is 15.5. The Morgan fingerprint density at radius 1 is 0.370 bits per heavy atom. The summed E-state index contributed by atoms with van der Waals surface area (Å²) in [5, 5.41) is 0. The second kappa shape index (κ2) is 33.2. The van der Waals surface area contributed by atoms with Gasteiger partial charge in [-0.2, -0.15) is 8.78 Å². The lowest BCUT2D eigenvalue weighted by atomic mass is 10.2. The zero-order valence-electron chi connectivity index (χ0n) is 31.6. The minimum atomic E-state index is -2.35. The van der Waals surface area contributed by atoms with Crippen LogP contribution in [0.15, 0.2) is 0 Å². The Morgan fingerprint density at radius 3 is 0.852 bits per heavy atom. The van der Waals surface area contributed by atoms with Gasteiger partial charge in [0.15, 0.2) is 8.32 Å². The molecule has 0 aliphatic carbocycles. The molecule has 1 aromatic carbocycles. The van der Waals surface area contributed by atoms with E-state index < -0.39 is 55.5 Å². The van der Waals surface area contributed by atoms with E-state index in [-0.39, 0.29) is 26.4 Å². The molecule has 0 aliphatic rings. The molecular weight excluding hydrogens is 755 g/mol. The lowest BCUT2D eigenvalue weighted by Gasteiger charge is -2.16. The van der Waals surface area contributed by atoms with Gasteiger partial charge in [-0.05, 0) is 19.6 Å². The summed E-state index contributed by atoms with van der Waals surface area (Å²) in [7, 11) is -1.48. The Kier molecular flexibility index (Phi) is 30.8. The fourth-order valence-corrected chi connectivity index (χ4v) is 4.40. The molecule has 0 radical (unpaired) electrons. The third-order valence-electron chi connectivity index (χ3n) is 6.32. The maximum atomic E-state index is 13.5. The molecule has 0 heterocycles. The normalized spacial score (nSPS) is 11.9. The molecule has 0 aliphatic heterocycles. The van der Waals surface area contributed by atoms with E-state index in [2.05, 4.69) is 24.4 Å². The summed E-state index contributed by atoms with van der Waals surface area (Å²) in [5.74, 6) is -14.1. The lowest BCUT2D eigenvalue weighted by Crippen LogP contribution is -2.27. The molecule has 0 bridgehead atoms. The molecule has 0 atom stereocenters. The quantitative estimate of drug-likeness (QED) is 0.0183. The van der Waals surface area contributed by atoms with Crippen molar-refractivity contribution < 1.29 is 88.0 Å². The highest BCUT2D eigenvalue weighted by molar-refractivity contribution is 6.69. The minimum Gasteiger partial charge on any atom is -0.420 e. The van der Waals surface area contributed by atoms with Gasteiger partial charge in [-0.1, -0.05) is 0 Å². The maximum absolute atomic E-state index is 13.5. The van der Waals surface area contributed by atoms with Crippen LogP contribution in [0.5, 0.6) is 5.75 Å². The first-order valence-electron chi connectivity index (χ1n) is 17.8. The van der Waals surface area contributed by atoms with E-state index in [1.54, 1.807) is 0 Å². The Morgan fingerprint density at radius 2 is 0.593 bits per heavy atom. The van der Waals surface area contributed by atoms with E-state index in [1.807, 2.05) is 0 Å². The van der Waals surface area contributed by atoms with Gasteiger partial charge in [0.25, 0.3) is 0 Å². The monoisotopic (exact) mass is 812 g/mol. The first-order chi connectivity index (χ1) is 26.0. The Bertz CT molecular complexity index is 1060. The summed E-state index contributed by atoms with van der Waals surface area (Å²) in [5.41, 5.74) is 0. The zero-order valence-corrected chi connectivity index (χ0v) is 32.6. The number of ether oxygens (including phenoxy) is 12. The number of carbonyl (C=O) groups excluding carboxylic acids is 1. The Balaban J connectivity index is 1.72. The van der Waals surface area contributed by atoms with Crippen LogP contribution >= 0.6 is 0 Å². The molecule has 0 N–H and O–H groups in total. The first-order valence-corrected chi connectivity index (χ1v) is 21.2. The highest BCUT2D eigenvalue weighted by atomic mass is 28.4. The summed E-state index contributed by atoms with van der Waals surface area (Å²) in [4.78, 5) is 11.7. The van der Waals surface area contributed by atoms with E-state index in [9.17, 15) is 26.7 Å². The smallest absolute Gasteiger partial charge is 0.313 e. The van der Waals surface area contributed by atoms with Gasteiger partial charge in [0.2, 0.25) is 34.8 Å². The van der Waals surface area contributed by atoms with Gasteiger partial charge in [0, 0.05) is 0 Å². The second-order valence-electron chi connectivity index (χ2n) is 11.8. The molecule has 54 heavy (non-hydrogen) atoms. The molecule has 20 heteroatoms. The van der Waals surface area contributed by atoms with Gasteiger partial charge in [-0.3, -0.25) is 4.79 Å². The van der Waals surface area contributed by atoms with Gasteiger partial charge in [0.05, 0.1) is 158 Å². The fourth-order valence-electron chi connectivity index (χ4n) is 3.70. The summed E-state index contributed by atoms with van der Waals surface area (Å²) in [6, 6.07) is 0. The minimum absolute atomic E-state index is 0.0796. The summed E-state index contributed by atoms with van der Waals surface area (Å²) in [6.07, 6.45) is -0.488. The largest absolute Gasteiger partial charge is 0.420 e. The molecule has 0 saturated heterocycles. The molecule has 0 unspecified atom stereocenters. The lowest BCUT2D eigenvalue weighted by molar-refractivity contribution is -0.136. The van der Waals surface area contributed by atoms with Crippen LogP contribution in [0.4, 0.5) is 22.0 Å². The maximum Gasteiger partial charge on any atom is 0.313 e. The highest BCUT2D eigenvalue weighted by Crippen LogP contribution is 2.29. The van der Waals surface area contributed by atoms with Gasteiger partial charge < -0.3 is 61.3 Å². The third-order valence-corrected chi connectivity index (χ3v) is 7.39. The van der Waals surface area contributed by atoms with Crippen LogP contribution in [0.3, 0.4) is 0 Å². The molecule has 0 fully saturated rings. The molecule has 316 valence electrons. The molecule has 0 amide bonds. The fraction of sp³-hybridized carbons (Fsp3) is 0.794. The Labute approximate surface area is 315 Å². The van der Waals surface area contributed by atoms with E-state index in [4.69, 9.17) is 56.5 Å². The van der Waals surface area contributed by atoms with Crippen LogP contribution in [0, 0.1) is 29.1 Å². The van der Waals surface area contributed by atoms with Crippen molar-refractivity contribution in [2.45, 2.75) is 26.1 Å². The van der Waals surface area contributed by atoms with Crippen molar-refractivity contribution in [1.29, 1.82) is 0 Å². The number of halogens is 5. The SMILES string of the molecule is C[Si](C)(C)OCCOCCOCCOCCOCCOCCOCCOCCOCCOCCOCCOCCC(=O)Oc1c(F)c(F)c(F)c(F)c1F. The number of rotatable bonds is 38. The van der Waals surface area contributed by atoms with Gasteiger partial charge >= 0.3 is 5.97 Å². The number of carbonyl (C=O) groups is 1. The van der Waals surface area contributed by atoms with Gasteiger partial charge in [-0.15, -0.1) is 0 Å². The van der Waals surface area contributed by atoms with Crippen molar-refractivity contribution in [2.24, 2.45) is 0 Å². The van der Waals surface area contributed by atoms with Crippen LogP contribution in [0.2, 0.25) is 19.6 Å². The van der Waals surface area contributed by atoms with E-state index in [1.165, 1.54) is 0 Å². The van der Waals surface area contributed by atoms with Crippen molar-refractivity contribution in [3.63, 3.8) is 0 Å². The number of benzene rings is 1. The first kappa shape index (κ1) is 50.1. The molecule has 0 aromatic heterocycles. The molecule has 14 nitrogen and oxygen atoms in total. The predicted molar refractivity (Wildman–Crippen MR) is 185 cm³/mol. The molecule has 0 spiro atoms. The highest BCUT2D eigenvalue weighted by Gasteiger charge is 2.28. The molecule has 0 saturated carbocycles. The third kappa shape index (κ3) is 27.6. The predicted octanol–water partition coefficient (Wildman–Crippen LogP) is 3.71. The van der Waals surface area contributed by atoms with Gasteiger partial charge in [0.1, 0.15) is 0 Å². The van der Waals surface area contributed by atoms with Crippen molar-refractivity contribution in [1.82, 2.24) is 0 Å². The van der Waals surface area contributed by atoms with Crippen LogP contribution < -0.4 is 4.74 Å². The van der Waals surface area contributed by atoms with E-state index in [0.717, 1.165) is 0 Å². The number of hydrogen-bond acceptors (Lipinski definition) is 14. The van der Waals surface area contributed by atoms with Crippen LogP contribution in [-0.2, 0) is 61.3 Å². The van der Waals surface area contributed by atoms with Gasteiger partial charge in [-0.25, -0.2) is 13.2 Å². The topological polar surface area (TPSA) is 137 Å². The molecule has 1 aromatic rings. The van der Waals surface area contributed by atoms with Crippen LogP contribution in [-0.4, -0.2) is 166 Å². The summed E-state index contributed by atoms with van der Waals surface area (Å²) < 4.78 is 136. The molecular formula is C34H57F5O14Si. The average Bonchev–Trinajstić information content (AvgIpc) is 3.14. The van der Waals surface area contributed by atoms with Crippen molar-refractivity contribution >= 4 is 14.3 Å². The second-order valence-corrected chi connectivity index (χ2v) is 16.3. The average molecular weight is 813 g/mol. The van der Waals surface area contributed by atoms with E-state index >= 15 is 0 Å². The molecule has 1 rings (SSSR count). The number of hydrogen-bond donors (Lipinski definition) is 0.